The van der Waals surface area contributed by atoms with Crippen LogP contribution in [-0.2, 0) is 43.1 Å². The molecule has 6 heteroatoms. The summed E-state index contributed by atoms with van der Waals surface area (Å²) in [6.45, 7) is 21.2. The number of fused-ring (bicyclic) bond motifs is 9. The van der Waals surface area contributed by atoms with E-state index in [9.17, 15) is 2.74 Å². The molecule has 0 radical (unpaired) electrons. The van der Waals surface area contributed by atoms with Gasteiger partial charge in [0.2, 0.25) is 0 Å². The predicted octanol–water partition coefficient (Wildman–Crippen LogP) is 13.8. The van der Waals surface area contributed by atoms with Crippen molar-refractivity contribution in [3.8, 4) is 22.5 Å². The quantitative estimate of drug-likeness (QED) is 0.165. The molecule has 0 N–H and O–H groups in total. The van der Waals surface area contributed by atoms with Crippen molar-refractivity contribution in [2.45, 2.75) is 92.2 Å². The van der Waals surface area contributed by atoms with Crippen molar-refractivity contribution in [3.63, 3.8) is 0 Å². The molecule has 4 heterocycles. The largest absolute Gasteiger partial charge is 2.00 e. The molecular formula is C57H52N4OPt. The van der Waals surface area contributed by atoms with Crippen LogP contribution >= 0.6 is 0 Å². The molecule has 5 nitrogen and oxygen atoms in total. The summed E-state index contributed by atoms with van der Waals surface area (Å²) in [4.78, 5) is 10.5. The summed E-state index contributed by atoms with van der Waals surface area (Å²) in [6, 6.07) is 48.6. The minimum Gasteiger partial charge on any atom is -0.510 e. The van der Waals surface area contributed by atoms with Gasteiger partial charge in [0.05, 0.1) is 5.52 Å². The first-order valence-electron chi connectivity index (χ1n) is 22.7. The van der Waals surface area contributed by atoms with E-state index in [0.29, 0.717) is 17.0 Å². The zero-order chi connectivity index (χ0) is 44.9. The molecule has 11 rings (SSSR count). The Bertz CT molecular complexity index is 3480. The van der Waals surface area contributed by atoms with Crippen LogP contribution in [0, 0.1) is 38.3 Å². The van der Waals surface area contributed by atoms with Gasteiger partial charge in [-0.2, -0.15) is 6.07 Å². The average molecular weight is 1010 g/mol. The van der Waals surface area contributed by atoms with Crippen LogP contribution < -0.4 is 0 Å². The molecule has 0 bridgehead atoms. The van der Waals surface area contributed by atoms with E-state index in [4.69, 9.17) is 14.7 Å². The number of aromatic nitrogens is 3. The van der Waals surface area contributed by atoms with Crippen LogP contribution in [0.3, 0.4) is 0 Å². The second-order valence-corrected chi connectivity index (χ2v) is 19.8. The Hall–Kier alpha value is -5.77. The number of benzene rings is 6. The van der Waals surface area contributed by atoms with Crippen molar-refractivity contribution in [1.29, 1.82) is 0 Å². The minimum absolute atomic E-state index is 0. The van der Waals surface area contributed by atoms with Crippen LogP contribution in [0.2, 0.25) is 0 Å². The van der Waals surface area contributed by atoms with Gasteiger partial charge >= 0.3 is 21.1 Å². The Morgan fingerprint density at radius 3 is 2.17 bits per heavy atom. The third-order valence-electron chi connectivity index (χ3n) is 13.7. The fraction of sp³-hybridized carbons (Fsp3) is 0.263. The van der Waals surface area contributed by atoms with E-state index < -0.39 is 22.9 Å². The van der Waals surface area contributed by atoms with E-state index in [2.05, 4.69) is 181 Å². The number of hydrogen-bond acceptors (Lipinski definition) is 3. The van der Waals surface area contributed by atoms with E-state index in [1.807, 2.05) is 31.3 Å². The fourth-order valence-electron chi connectivity index (χ4n) is 10.2. The summed E-state index contributed by atoms with van der Waals surface area (Å²) >= 11 is 0. The molecule has 0 saturated heterocycles. The van der Waals surface area contributed by atoms with Crippen molar-refractivity contribution < 1.29 is 28.5 Å². The van der Waals surface area contributed by atoms with Crippen molar-refractivity contribution >= 4 is 49.6 Å². The molecule has 0 fully saturated rings. The van der Waals surface area contributed by atoms with Gasteiger partial charge < -0.3 is 13.9 Å². The predicted molar refractivity (Wildman–Crippen MR) is 256 cm³/mol. The number of nitrogens with zero attached hydrogens (tertiary/aromatic N) is 4. The number of ether oxygens (including phenoxy) is 1. The maximum Gasteiger partial charge on any atom is 2.00 e. The Morgan fingerprint density at radius 2 is 1.41 bits per heavy atom. The maximum atomic E-state index is 9.91. The smallest absolute Gasteiger partial charge is 0.510 e. The van der Waals surface area contributed by atoms with E-state index in [0.717, 1.165) is 82.9 Å². The van der Waals surface area contributed by atoms with Gasteiger partial charge in [-0.05, 0) is 108 Å². The molecule has 9 aromatic rings. The second kappa shape index (κ2) is 14.1. The Labute approximate surface area is 387 Å². The van der Waals surface area contributed by atoms with Gasteiger partial charge in [0.1, 0.15) is 22.7 Å². The normalized spacial score (nSPS) is 19.7. The molecule has 1 aliphatic heterocycles. The Balaban J connectivity index is 0.00000498. The maximum absolute atomic E-state index is 9.91. The summed E-state index contributed by atoms with van der Waals surface area (Å²) in [5.41, 5.74) is 11.3. The molecule has 316 valence electrons. The zero-order valence-electron chi connectivity index (χ0n) is 39.6. The monoisotopic (exact) mass is 1010 g/mol. The van der Waals surface area contributed by atoms with Gasteiger partial charge in [-0.15, -0.1) is 41.3 Å². The molecule has 3 aromatic heterocycles. The van der Waals surface area contributed by atoms with E-state index in [1.54, 1.807) is 0 Å². The van der Waals surface area contributed by atoms with E-state index in [1.165, 1.54) is 11.1 Å². The van der Waals surface area contributed by atoms with Crippen molar-refractivity contribution in [3.05, 3.63) is 173 Å². The van der Waals surface area contributed by atoms with E-state index >= 15 is 0 Å². The van der Waals surface area contributed by atoms with Crippen LogP contribution in [0.4, 0.5) is 0 Å². The molecule has 6 aromatic carbocycles. The summed E-state index contributed by atoms with van der Waals surface area (Å²) in [5.74, 6) is 0.407. The van der Waals surface area contributed by atoms with Crippen LogP contribution in [-0.4, -0.2) is 25.6 Å². The van der Waals surface area contributed by atoms with Gasteiger partial charge in [-0.1, -0.05) is 125 Å². The van der Waals surface area contributed by atoms with Crippen molar-refractivity contribution in [1.82, 2.24) is 14.1 Å². The van der Waals surface area contributed by atoms with Crippen molar-refractivity contribution in [2.24, 2.45) is 10.4 Å². The third-order valence-corrected chi connectivity index (χ3v) is 13.7. The molecule has 0 spiro atoms. The topological polar surface area (TPSA) is 44.3 Å². The van der Waals surface area contributed by atoms with Crippen LogP contribution in [0.5, 0.6) is 0 Å². The van der Waals surface area contributed by atoms with Gasteiger partial charge in [0, 0.05) is 37.0 Å². The summed E-state index contributed by atoms with van der Waals surface area (Å²) < 4.78 is 31.6. The first-order chi connectivity index (χ1) is 30.3. The van der Waals surface area contributed by atoms with Crippen LogP contribution in [0.25, 0.3) is 66.2 Å². The van der Waals surface area contributed by atoms with Gasteiger partial charge in [-0.25, -0.2) is 4.98 Å². The third kappa shape index (κ3) is 6.06. The summed E-state index contributed by atoms with van der Waals surface area (Å²) in [5, 5.41) is 4.42. The van der Waals surface area contributed by atoms with Gasteiger partial charge in [0.25, 0.3) is 0 Å². The van der Waals surface area contributed by atoms with Gasteiger partial charge in [0.15, 0.2) is 0 Å². The molecule has 1 aliphatic carbocycles. The second-order valence-electron chi connectivity index (χ2n) is 19.8. The molecule has 0 amide bonds. The molecule has 0 saturated carbocycles. The zero-order valence-corrected chi connectivity index (χ0v) is 39.8. The molecule has 0 unspecified atom stereocenters. The van der Waals surface area contributed by atoms with E-state index in [-0.39, 0.29) is 26.5 Å². The molecule has 2 atom stereocenters. The van der Waals surface area contributed by atoms with Crippen LogP contribution in [0.1, 0.15) is 90.2 Å². The first-order valence-corrected chi connectivity index (χ1v) is 21.7. The van der Waals surface area contributed by atoms with Crippen molar-refractivity contribution in [2.75, 3.05) is 0 Å². The molecule has 63 heavy (non-hydrogen) atoms. The van der Waals surface area contributed by atoms with Crippen LogP contribution in [0.15, 0.2) is 126 Å². The Kier molecular flexibility index (Phi) is 8.71. The average Bonchev–Trinajstić information content (AvgIpc) is 3.92. The fourth-order valence-corrected chi connectivity index (χ4v) is 10.2. The molecular weight excluding hydrogens is 952 g/mol. The number of aryl methyl sites for hydroxylation is 3. The number of hydrogen-bond donors (Lipinski definition) is 0. The summed E-state index contributed by atoms with van der Waals surface area (Å²) in [7, 11) is 0. The summed E-state index contributed by atoms with van der Waals surface area (Å²) in [6.07, 6.45) is 0.0193. The minimum atomic E-state index is -1.84. The number of rotatable bonds is 4. The Morgan fingerprint density at radius 1 is 0.683 bits per heavy atom. The SMILES string of the molecule is [2H]C1([2H])c2cc(C)c(C)cc2[C@@]2(C)N=C(c3[c-]c(-n4c5[c-]c(-n6c7ccc(-c8ccccc8)cc7c7cccnc76)ccc5c5cc(C)ccc54)cc(C(C)(C)C)c3)O[C@@]12C(C)(C)C.[Pt+2]. The number of pyridine rings is 1. The standard InChI is InChI=1S/C57H52N4O.Pt/c1-34-18-22-49-46(25-34)44-21-20-42(61-50-23-19-38(37-15-12-11-13-16-37)30-47(50)45-17-14-24-58-52(45)61)32-51(44)60(49)43-29-39(28-41(31-43)54(4,5)6)53-59-56(10)48-27-36(3)35(2)26-40(48)33-57(56,62-53)55(7,8)9;/h11-28,30-31H,33H2,1-10H3;/q-2;+2/t56-,57-;/m1./s1/i33D2;. The molecule has 2 aliphatic rings. The number of aliphatic imine (C=N–C) groups is 1. The first kappa shape index (κ1) is 38.9. The van der Waals surface area contributed by atoms with Gasteiger partial charge in [-0.3, -0.25) is 4.99 Å².